The lowest BCUT2D eigenvalue weighted by atomic mass is 10.1. The van der Waals surface area contributed by atoms with E-state index in [4.69, 9.17) is 0 Å². The molecule has 1 amide bonds. The normalized spacial score (nSPS) is 11.5. The maximum Gasteiger partial charge on any atom is 0.435 e. The Bertz CT molecular complexity index is 858. The molecule has 0 radical (unpaired) electrons. The molecule has 5 nitrogen and oxygen atoms in total. The highest BCUT2D eigenvalue weighted by atomic mass is 32.1. The number of carbonyl (C=O) groups excluding carboxylic acids is 1. The molecule has 0 aliphatic carbocycles. The van der Waals surface area contributed by atoms with Gasteiger partial charge in [-0.15, -0.1) is 11.3 Å². The molecule has 2 aromatic heterocycles. The maximum atomic E-state index is 12.5. The zero-order valence-corrected chi connectivity index (χ0v) is 13.6. The van der Waals surface area contributed by atoms with Crippen LogP contribution in [0.1, 0.15) is 16.1 Å². The lowest BCUT2D eigenvalue weighted by molar-refractivity contribution is -0.141. The van der Waals surface area contributed by atoms with Crippen molar-refractivity contribution < 1.29 is 18.0 Å². The largest absolute Gasteiger partial charge is 0.435 e. The lowest BCUT2D eigenvalue weighted by Crippen LogP contribution is -2.19. The Balaban J connectivity index is 1.57. The standard InChI is InChI=1S/C16H13F3N4OS/c17-16(18,19)13-6-7-23(22-13)10-14(24)21-15-20-9-12(25-15)8-11-4-2-1-3-5-11/h1-7,9H,8,10H2,(H,20,21,24). The van der Waals surface area contributed by atoms with Crippen LogP contribution in [0.4, 0.5) is 18.3 Å². The number of carbonyl (C=O) groups is 1. The van der Waals surface area contributed by atoms with Gasteiger partial charge in [-0.25, -0.2) is 4.98 Å². The molecule has 3 aromatic rings. The molecular weight excluding hydrogens is 353 g/mol. The fraction of sp³-hybridized carbons (Fsp3) is 0.188. The first-order valence-electron chi connectivity index (χ1n) is 7.29. The van der Waals surface area contributed by atoms with Crippen molar-refractivity contribution in [1.82, 2.24) is 14.8 Å². The second-order valence-corrected chi connectivity index (χ2v) is 6.35. The number of hydrogen-bond donors (Lipinski definition) is 1. The summed E-state index contributed by atoms with van der Waals surface area (Å²) >= 11 is 1.32. The first-order chi connectivity index (χ1) is 11.9. The summed E-state index contributed by atoms with van der Waals surface area (Å²) in [6, 6.07) is 10.6. The number of benzene rings is 1. The minimum atomic E-state index is -4.52. The van der Waals surface area contributed by atoms with Crippen molar-refractivity contribution in [3.63, 3.8) is 0 Å². The Hall–Kier alpha value is -2.68. The van der Waals surface area contributed by atoms with E-state index in [2.05, 4.69) is 15.4 Å². The highest BCUT2D eigenvalue weighted by Crippen LogP contribution is 2.27. The summed E-state index contributed by atoms with van der Waals surface area (Å²) in [6.07, 6.45) is -1.04. The Morgan fingerprint density at radius 2 is 1.96 bits per heavy atom. The topological polar surface area (TPSA) is 59.8 Å². The van der Waals surface area contributed by atoms with E-state index in [1.165, 1.54) is 11.3 Å². The van der Waals surface area contributed by atoms with Gasteiger partial charge in [0.1, 0.15) is 6.54 Å². The van der Waals surface area contributed by atoms with E-state index in [0.717, 1.165) is 27.4 Å². The van der Waals surface area contributed by atoms with E-state index in [1.807, 2.05) is 30.3 Å². The second kappa shape index (κ2) is 7.06. The van der Waals surface area contributed by atoms with E-state index in [1.54, 1.807) is 6.20 Å². The van der Waals surface area contributed by atoms with E-state index in [0.29, 0.717) is 11.6 Å². The van der Waals surface area contributed by atoms with Gasteiger partial charge in [0.05, 0.1) is 0 Å². The number of alkyl halides is 3. The zero-order chi connectivity index (χ0) is 17.9. The van der Waals surface area contributed by atoms with Gasteiger partial charge in [0, 0.05) is 23.7 Å². The minimum Gasteiger partial charge on any atom is -0.300 e. The first-order valence-corrected chi connectivity index (χ1v) is 8.11. The monoisotopic (exact) mass is 366 g/mol. The molecule has 0 fully saturated rings. The number of halogens is 3. The predicted molar refractivity (Wildman–Crippen MR) is 87.2 cm³/mol. The molecule has 1 N–H and O–H groups in total. The van der Waals surface area contributed by atoms with Gasteiger partial charge >= 0.3 is 6.18 Å². The molecule has 25 heavy (non-hydrogen) atoms. The van der Waals surface area contributed by atoms with Crippen molar-refractivity contribution in [2.75, 3.05) is 5.32 Å². The lowest BCUT2D eigenvalue weighted by Gasteiger charge is -2.03. The summed E-state index contributed by atoms with van der Waals surface area (Å²) in [7, 11) is 0. The number of hydrogen-bond acceptors (Lipinski definition) is 4. The Morgan fingerprint density at radius 1 is 1.20 bits per heavy atom. The number of aromatic nitrogens is 3. The third-order valence-electron chi connectivity index (χ3n) is 3.26. The van der Waals surface area contributed by atoms with Crippen LogP contribution in [0.3, 0.4) is 0 Å². The van der Waals surface area contributed by atoms with E-state index in [-0.39, 0.29) is 6.54 Å². The van der Waals surface area contributed by atoms with Crippen LogP contribution in [0.15, 0.2) is 48.8 Å². The minimum absolute atomic E-state index is 0.316. The van der Waals surface area contributed by atoms with Crippen LogP contribution in [0.2, 0.25) is 0 Å². The van der Waals surface area contributed by atoms with Crippen LogP contribution >= 0.6 is 11.3 Å². The first kappa shape index (κ1) is 17.2. The smallest absolute Gasteiger partial charge is 0.300 e. The van der Waals surface area contributed by atoms with Crippen LogP contribution in [-0.4, -0.2) is 20.7 Å². The molecular formula is C16H13F3N4OS. The molecule has 0 saturated carbocycles. The molecule has 0 atom stereocenters. The average molecular weight is 366 g/mol. The van der Waals surface area contributed by atoms with Crippen molar-refractivity contribution in [1.29, 1.82) is 0 Å². The van der Waals surface area contributed by atoms with Gasteiger partial charge in [-0.05, 0) is 11.6 Å². The SMILES string of the molecule is O=C(Cn1ccc(C(F)(F)F)n1)Nc1ncc(Cc2ccccc2)s1. The molecule has 0 saturated heterocycles. The maximum absolute atomic E-state index is 12.5. The zero-order valence-electron chi connectivity index (χ0n) is 12.8. The van der Waals surface area contributed by atoms with Gasteiger partial charge < -0.3 is 5.32 Å². The summed E-state index contributed by atoms with van der Waals surface area (Å²) < 4.78 is 38.4. The van der Waals surface area contributed by atoms with Gasteiger partial charge in [0.15, 0.2) is 10.8 Å². The number of rotatable bonds is 5. The van der Waals surface area contributed by atoms with Gasteiger partial charge in [0.25, 0.3) is 0 Å². The summed E-state index contributed by atoms with van der Waals surface area (Å²) in [4.78, 5) is 17.0. The molecule has 0 aliphatic rings. The van der Waals surface area contributed by atoms with E-state index < -0.39 is 17.8 Å². The van der Waals surface area contributed by atoms with Crippen molar-refractivity contribution in [3.05, 3.63) is 64.9 Å². The molecule has 130 valence electrons. The highest BCUT2D eigenvalue weighted by Gasteiger charge is 2.33. The summed E-state index contributed by atoms with van der Waals surface area (Å²) in [5, 5.41) is 6.31. The molecule has 2 heterocycles. The number of nitrogens with one attached hydrogen (secondary N) is 1. The molecule has 0 aliphatic heterocycles. The number of thiazole rings is 1. The molecule has 0 bridgehead atoms. The third-order valence-corrected chi connectivity index (χ3v) is 4.17. The second-order valence-electron chi connectivity index (χ2n) is 5.24. The van der Waals surface area contributed by atoms with Crippen molar-refractivity contribution in [2.24, 2.45) is 0 Å². The average Bonchev–Trinajstić information content (AvgIpc) is 3.17. The summed E-state index contributed by atoms with van der Waals surface area (Å²) in [6.45, 7) is -0.316. The van der Waals surface area contributed by atoms with Crippen molar-refractivity contribution in [3.8, 4) is 0 Å². The summed E-state index contributed by atoms with van der Waals surface area (Å²) in [5.41, 5.74) is 0.0972. The molecule has 0 spiro atoms. The molecule has 0 unspecified atom stereocenters. The van der Waals surface area contributed by atoms with Crippen LogP contribution in [0.25, 0.3) is 0 Å². The summed E-state index contributed by atoms with van der Waals surface area (Å²) in [5.74, 6) is -0.488. The fourth-order valence-corrected chi connectivity index (χ4v) is 3.01. The highest BCUT2D eigenvalue weighted by molar-refractivity contribution is 7.15. The van der Waals surface area contributed by atoms with Gasteiger partial charge in [-0.3, -0.25) is 9.48 Å². The van der Waals surface area contributed by atoms with Crippen LogP contribution in [0.5, 0.6) is 0 Å². The molecule has 3 rings (SSSR count). The van der Waals surface area contributed by atoms with Crippen LogP contribution in [0, 0.1) is 0 Å². The van der Waals surface area contributed by atoms with Gasteiger partial charge in [-0.1, -0.05) is 30.3 Å². The van der Waals surface area contributed by atoms with Crippen molar-refractivity contribution in [2.45, 2.75) is 19.1 Å². The van der Waals surface area contributed by atoms with Crippen LogP contribution in [-0.2, 0) is 23.9 Å². The number of nitrogens with zero attached hydrogens (tertiary/aromatic N) is 3. The third kappa shape index (κ3) is 4.66. The van der Waals surface area contributed by atoms with E-state index in [9.17, 15) is 18.0 Å². The number of amides is 1. The Kier molecular flexibility index (Phi) is 4.84. The number of anilines is 1. The molecule has 9 heteroatoms. The Labute approximate surface area is 145 Å². The van der Waals surface area contributed by atoms with Crippen LogP contribution < -0.4 is 5.32 Å². The van der Waals surface area contributed by atoms with E-state index >= 15 is 0 Å². The van der Waals surface area contributed by atoms with Crippen molar-refractivity contribution >= 4 is 22.4 Å². The van der Waals surface area contributed by atoms with Gasteiger partial charge in [0.2, 0.25) is 5.91 Å². The van der Waals surface area contributed by atoms with Gasteiger partial charge in [-0.2, -0.15) is 18.3 Å². The fourth-order valence-electron chi connectivity index (χ4n) is 2.15. The Morgan fingerprint density at radius 3 is 2.64 bits per heavy atom. The quantitative estimate of drug-likeness (QED) is 0.751. The predicted octanol–water partition coefficient (Wildman–Crippen LogP) is 3.59. The molecule has 1 aromatic carbocycles.